The summed E-state index contributed by atoms with van der Waals surface area (Å²) < 4.78 is 16.1. The number of nitrogens with zero attached hydrogens (tertiary/aromatic N) is 1. The van der Waals surface area contributed by atoms with Crippen LogP contribution in [0.4, 0.5) is 17.1 Å². The van der Waals surface area contributed by atoms with Crippen molar-refractivity contribution in [2.45, 2.75) is 13.0 Å². The summed E-state index contributed by atoms with van der Waals surface area (Å²) in [6.07, 6.45) is -1.14. The molecule has 0 bridgehead atoms. The first-order chi connectivity index (χ1) is 13.9. The number of hydrogen-bond donors (Lipinski definition) is 2. The van der Waals surface area contributed by atoms with Crippen molar-refractivity contribution in [2.24, 2.45) is 0 Å². The van der Waals surface area contributed by atoms with Crippen LogP contribution >= 0.6 is 0 Å². The Balaban J connectivity index is 1.69. The van der Waals surface area contributed by atoms with E-state index in [1.165, 1.54) is 19.1 Å². The van der Waals surface area contributed by atoms with Gasteiger partial charge in [0.2, 0.25) is 0 Å². The van der Waals surface area contributed by atoms with Gasteiger partial charge in [-0.05, 0) is 25.1 Å². The molecule has 3 rings (SSSR count). The zero-order valence-corrected chi connectivity index (χ0v) is 15.8. The van der Waals surface area contributed by atoms with Crippen LogP contribution in [-0.4, -0.2) is 43.2 Å². The van der Waals surface area contributed by atoms with Gasteiger partial charge in [0.15, 0.2) is 17.6 Å². The van der Waals surface area contributed by atoms with Crippen LogP contribution in [0.2, 0.25) is 0 Å². The van der Waals surface area contributed by atoms with Crippen LogP contribution < -0.4 is 20.1 Å². The lowest BCUT2D eigenvalue weighted by molar-refractivity contribution is -0.384. The lowest BCUT2D eigenvalue weighted by Gasteiger charge is -2.19. The maximum atomic E-state index is 12.5. The van der Waals surface area contributed by atoms with Gasteiger partial charge in [-0.25, -0.2) is 4.79 Å². The molecule has 1 aliphatic rings. The van der Waals surface area contributed by atoms with Gasteiger partial charge in [0, 0.05) is 36.6 Å². The van der Waals surface area contributed by atoms with E-state index >= 15 is 0 Å². The van der Waals surface area contributed by atoms with Gasteiger partial charge in [-0.1, -0.05) is 0 Å². The lowest BCUT2D eigenvalue weighted by Crippen LogP contribution is -2.30. The first kappa shape index (κ1) is 19.9. The Bertz CT molecular complexity index is 961. The number of nitro benzene ring substituents is 1. The fourth-order valence-electron chi connectivity index (χ4n) is 2.68. The Labute approximate surface area is 165 Å². The molecule has 152 valence electrons. The number of carbonyl (C=O) groups excluding carboxylic acids is 2. The summed E-state index contributed by atoms with van der Waals surface area (Å²) in [4.78, 5) is 35.2. The summed E-state index contributed by atoms with van der Waals surface area (Å²) in [6, 6.07) is 8.68. The number of anilines is 2. The molecule has 0 saturated heterocycles. The number of nitro groups is 1. The van der Waals surface area contributed by atoms with E-state index in [0.717, 1.165) is 6.07 Å². The smallest absolute Gasteiger partial charge is 0.341 e. The van der Waals surface area contributed by atoms with Gasteiger partial charge in [-0.15, -0.1) is 0 Å². The van der Waals surface area contributed by atoms with Gasteiger partial charge in [0.05, 0.1) is 10.5 Å². The van der Waals surface area contributed by atoms with Crippen molar-refractivity contribution in [2.75, 3.05) is 30.9 Å². The van der Waals surface area contributed by atoms with Gasteiger partial charge in [0.25, 0.3) is 11.6 Å². The van der Waals surface area contributed by atoms with E-state index < -0.39 is 22.9 Å². The van der Waals surface area contributed by atoms with E-state index in [1.54, 1.807) is 25.2 Å². The molecule has 0 radical (unpaired) electrons. The molecule has 29 heavy (non-hydrogen) atoms. The third-order valence-corrected chi connectivity index (χ3v) is 4.17. The predicted molar refractivity (Wildman–Crippen MR) is 104 cm³/mol. The van der Waals surface area contributed by atoms with Crippen LogP contribution in [-0.2, 0) is 9.53 Å². The van der Waals surface area contributed by atoms with Gasteiger partial charge < -0.3 is 24.8 Å². The van der Waals surface area contributed by atoms with Gasteiger partial charge in [-0.3, -0.25) is 14.9 Å². The molecule has 0 spiro atoms. The number of esters is 1. The first-order valence-electron chi connectivity index (χ1n) is 8.76. The van der Waals surface area contributed by atoms with Gasteiger partial charge in [-0.2, -0.15) is 0 Å². The summed E-state index contributed by atoms with van der Waals surface area (Å²) in [5, 5.41) is 16.4. The molecule has 0 aromatic heterocycles. The Morgan fingerprint density at radius 1 is 1.14 bits per heavy atom. The summed E-state index contributed by atoms with van der Waals surface area (Å²) in [6.45, 7) is 2.27. The monoisotopic (exact) mass is 401 g/mol. The highest BCUT2D eigenvalue weighted by Gasteiger charge is 2.23. The highest BCUT2D eigenvalue weighted by molar-refractivity contribution is 6.00. The third-order valence-electron chi connectivity index (χ3n) is 4.17. The van der Waals surface area contributed by atoms with E-state index in [4.69, 9.17) is 14.2 Å². The van der Waals surface area contributed by atoms with Crippen molar-refractivity contribution in [3.05, 3.63) is 52.1 Å². The minimum Gasteiger partial charge on any atom is -0.486 e. The van der Waals surface area contributed by atoms with Gasteiger partial charge >= 0.3 is 5.97 Å². The molecule has 2 N–H and O–H groups in total. The molecule has 0 aliphatic carbocycles. The highest BCUT2D eigenvalue weighted by atomic mass is 16.6. The average Bonchev–Trinajstić information content (AvgIpc) is 2.72. The fourth-order valence-corrected chi connectivity index (χ4v) is 2.68. The SMILES string of the molecule is CNc1ccc([N+](=O)[O-])cc1C(=O)O[C@H](C)C(=O)Nc1ccc2c(c1)OCCO2. The molecule has 2 aromatic rings. The number of nitrogens with one attached hydrogen (secondary N) is 2. The van der Waals surface area contributed by atoms with Crippen molar-refractivity contribution in [3.8, 4) is 11.5 Å². The summed E-state index contributed by atoms with van der Waals surface area (Å²) >= 11 is 0. The average molecular weight is 401 g/mol. The van der Waals surface area contributed by atoms with Crippen molar-refractivity contribution >= 4 is 28.9 Å². The number of fused-ring (bicyclic) bond motifs is 1. The summed E-state index contributed by atoms with van der Waals surface area (Å²) in [7, 11) is 1.57. The summed E-state index contributed by atoms with van der Waals surface area (Å²) in [5.41, 5.74) is 0.499. The van der Waals surface area contributed by atoms with Crippen LogP contribution in [0.5, 0.6) is 11.5 Å². The number of non-ortho nitro benzene ring substituents is 1. The Morgan fingerprint density at radius 3 is 2.55 bits per heavy atom. The van der Waals surface area contributed by atoms with E-state index in [2.05, 4.69) is 10.6 Å². The lowest BCUT2D eigenvalue weighted by atomic mass is 10.1. The maximum absolute atomic E-state index is 12.5. The van der Waals surface area contributed by atoms with Crippen LogP contribution in [0.25, 0.3) is 0 Å². The number of amides is 1. The minimum absolute atomic E-state index is 0.0410. The van der Waals surface area contributed by atoms with Crippen molar-refractivity contribution in [3.63, 3.8) is 0 Å². The summed E-state index contributed by atoms with van der Waals surface area (Å²) in [5.74, 6) is -0.331. The molecular formula is C19H19N3O7. The minimum atomic E-state index is -1.14. The Morgan fingerprint density at radius 2 is 1.86 bits per heavy atom. The highest BCUT2D eigenvalue weighted by Crippen LogP contribution is 2.32. The first-order valence-corrected chi connectivity index (χ1v) is 8.76. The quantitative estimate of drug-likeness (QED) is 0.429. The van der Waals surface area contributed by atoms with E-state index in [1.807, 2.05) is 0 Å². The molecule has 1 aliphatic heterocycles. The molecule has 1 heterocycles. The van der Waals surface area contributed by atoms with Crippen LogP contribution in [0, 0.1) is 10.1 Å². The molecule has 0 saturated carbocycles. The topological polar surface area (TPSA) is 129 Å². The zero-order valence-electron chi connectivity index (χ0n) is 15.8. The number of rotatable bonds is 6. The molecule has 10 nitrogen and oxygen atoms in total. The normalized spacial score (nSPS) is 13.2. The largest absolute Gasteiger partial charge is 0.486 e. The number of carbonyl (C=O) groups is 2. The van der Waals surface area contributed by atoms with Crippen molar-refractivity contribution < 1.29 is 28.7 Å². The predicted octanol–water partition coefficient (Wildman–Crippen LogP) is 2.59. The second kappa shape index (κ2) is 8.46. The Hall–Kier alpha value is -3.82. The molecule has 2 aromatic carbocycles. The van der Waals surface area contributed by atoms with Crippen LogP contribution in [0.1, 0.15) is 17.3 Å². The van der Waals surface area contributed by atoms with Crippen LogP contribution in [0.3, 0.4) is 0 Å². The molecule has 1 amide bonds. The molecular weight excluding hydrogens is 382 g/mol. The number of hydrogen-bond acceptors (Lipinski definition) is 8. The number of benzene rings is 2. The van der Waals surface area contributed by atoms with Crippen molar-refractivity contribution in [1.82, 2.24) is 0 Å². The Kier molecular flexibility index (Phi) is 5.82. The fraction of sp³-hybridized carbons (Fsp3) is 0.263. The maximum Gasteiger partial charge on any atom is 0.341 e. The van der Waals surface area contributed by atoms with Crippen molar-refractivity contribution in [1.29, 1.82) is 0 Å². The molecule has 1 atom stereocenters. The third kappa shape index (κ3) is 4.54. The molecule has 0 fully saturated rings. The zero-order chi connectivity index (χ0) is 21.0. The standard InChI is InChI=1S/C19H19N3O7/c1-11(18(23)21-12-3-6-16-17(9-12)28-8-7-27-16)29-19(24)14-10-13(22(25)26)4-5-15(14)20-2/h3-6,9-11,20H,7-8H2,1-2H3,(H,21,23)/t11-/m1/s1. The second-order valence-corrected chi connectivity index (χ2v) is 6.13. The second-order valence-electron chi connectivity index (χ2n) is 6.13. The van der Waals surface area contributed by atoms with Crippen LogP contribution in [0.15, 0.2) is 36.4 Å². The van der Waals surface area contributed by atoms with E-state index in [-0.39, 0.29) is 11.3 Å². The molecule has 0 unspecified atom stereocenters. The number of ether oxygens (including phenoxy) is 3. The van der Waals surface area contributed by atoms with E-state index in [9.17, 15) is 19.7 Å². The van der Waals surface area contributed by atoms with E-state index in [0.29, 0.717) is 36.1 Å². The molecule has 10 heteroatoms. The van der Waals surface area contributed by atoms with Gasteiger partial charge in [0.1, 0.15) is 13.2 Å².